The van der Waals surface area contributed by atoms with Gasteiger partial charge in [0.15, 0.2) is 0 Å². The lowest BCUT2D eigenvalue weighted by molar-refractivity contribution is -0.144. The first kappa shape index (κ1) is 9.85. The van der Waals surface area contributed by atoms with Crippen LogP contribution in [0.15, 0.2) is 35.5 Å². The number of rotatable bonds is 2. The van der Waals surface area contributed by atoms with Crippen molar-refractivity contribution in [1.82, 2.24) is 0 Å². The molecule has 3 aliphatic rings. The van der Waals surface area contributed by atoms with E-state index in [4.69, 9.17) is 9.47 Å². The summed E-state index contributed by atoms with van der Waals surface area (Å²) in [7, 11) is 0. The molecular weight excluding hydrogens is 204 g/mol. The average Bonchev–Trinajstić information content (AvgIpc) is 3.04. The van der Waals surface area contributed by atoms with Crippen molar-refractivity contribution in [1.29, 1.82) is 0 Å². The molecule has 2 aliphatic carbocycles. The molecule has 1 saturated carbocycles. The summed E-state index contributed by atoms with van der Waals surface area (Å²) < 4.78 is 10.8. The van der Waals surface area contributed by atoms with E-state index in [0.29, 0.717) is 13.2 Å². The quantitative estimate of drug-likeness (QED) is 0.661. The van der Waals surface area contributed by atoms with E-state index in [1.165, 1.54) is 5.57 Å². The zero-order chi connectivity index (χ0) is 11.1. The molecule has 0 aromatic heterocycles. The van der Waals surface area contributed by atoms with Gasteiger partial charge in [-0.05, 0) is 18.1 Å². The normalized spacial score (nSPS) is 34.4. The van der Waals surface area contributed by atoms with Gasteiger partial charge < -0.3 is 9.47 Å². The van der Waals surface area contributed by atoms with E-state index in [0.717, 1.165) is 5.57 Å². The molecule has 84 valence electrons. The van der Waals surface area contributed by atoms with E-state index in [2.05, 4.69) is 0 Å². The Morgan fingerprint density at radius 2 is 2.44 bits per heavy atom. The van der Waals surface area contributed by atoms with Crippen LogP contribution < -0.4 is 0 Å². The van der Waals surface area contributed by atoms with Gasteiger partial charge in [-0.3, -0.25) is 4.79 Å². The molecule has 3 nitrogen and oxygen atoms in total. The highest BCUT2D eigenvalue weighted by molar-refractivity contribution is 5.83. The van der Waals surface area contributed by atoms with Crippen LogP contribution in [0.4, 0.5) is 0 Å². The third-order valence-electron chi connectivity index (χ3n) is 3.34. The molecule has 0 saturated heterocycles. The average molecular weight is 218 g/mol. The largest absolute Gasteiger partial charge is 0.466 e. The van der Waals surface area contributed by atoms with Crippen LogP contribution in [-0.4, -0.2) is 25.3 Å². The Kier molecular flexibility index (Phi) is 2.21. The van der Waals surface area contributed by atoms with Crippen molar-refractivity contribution in [3.8, 4) is 0 Å². The molecule has 3 atom stereocenters. The van der Waals surface area contributed by atoms with Crippen LogP contribution in [-0.2, 0) is 14.3 Å². The van der Waals surface area contributed by atoms with E-state index in [-0.39, 0.29) is 23.9 Å². The fourth-order valence-electron chi connectivity index (χ4n) is 2.56. The number of ether oxygens (including phenoxy) is 2. The number of hydrogen-bond acceptors (Lipinski definition) is 3. The van der Waals surface area contributed by atoms with Crippen molar-refractivity contribution >= 4 is 5.97 Å². The Morgan fingerprint density at radius 1 is 1.56 bits per heavy atom. The minimum absolute atomic E-state index is 0.0453. The van der Waals surface area contributed by atoms with E-state index in [9.17, 15) is 4.79 Å². The van der Waals surface area contributed by atoms with Gasteiger partial charge in [-0.2, -0.15) is 0 Å². The van der Waals surface area contributed by atoms with Crippen LogP contribution in [0.5, 0.6) is 0 Å². The van der Waals surface area contributed by atoms with Crippen molar-refractivity contribution in [2.45, 2.75) is 13.0 Å². The molecule has 0 radical (unpaired) electrons. The fraction of sp³-hybridized carbons (Fsp3) is 0.462. The van der Waals surface area contributed by atoms with E-state index < -0.39 is 0 Å². The highest BCUT2D eigenvalue weighted by atomic mass is 16.5. The summed E-state index contributed by atoms with van der Waals surface area (Å²) in [6.07, 6.45) is 8.10. The Balaban J connectivity index is 1.86. The molecule has 1 aliphatic heterocycles. The van der Waals surface area contributed by atoms with Gasteiger partial charge in [-0.1, -0.05) is 24.3 Å². The number of hydrogen-bond donors (Lipinski definition) is 0. The molecule has 1 fully saturated rings. The SMILES string of the molecule is CCOC(=O)C1C2=C3C=CC=CC3OCC21. The Morgan fingerprint density at radius 3 is 3.25 bits per heavy atom. The van der Waals surface area contributed by atoms with Gasteiger partial charge in [0.1, 0.15) is 6.10 Å². The lowest BCUT2D eigenvalue weighted by Gasteiger charge is -2.20. The summed E-state index contributed by atoms with van der Waals surface area (Å²) in [6.45, 7) is 2.93. The van der Waals surface area contributed by atoms with E-state index >= 15 is 0 Å². The molecule has 3 rings (SSSR count). The number of carbonyl (C=O) groups excluding carboxylic acids is 1. The van der Waals surface area contributed by atoms with Gasteiger partial charge in [0.05, 0.1) is 19.1 Å². The Hall–Kier alpha value is -1.35. The standard InChI is InChI=1S/C13H14O3/c1-2-15-13(14)12-9-7-16-10-6-4-3-5-8(10)11(9)12/h3-6,9-10,12H,2,7H2,1H3. The molecule has 3 heteroatoms. The van der Waals surface area contributed by atoms with Crippen molar-refractivity contribution < 1.29 is 14.3 Å². The lowest BCUT2D eigenvalue weighted by atomic mass is 10.0. The maximum absolute atomic E-state index is 11.7. The van der Waals surface area contributed by atoms with Crippen molar-refractivity contribution in [2.75, 3.05) is 13.2 Å². The predicted octanol–water partition coefficient (Wildman–Crippen LogP) is 1.62. The first-order valence-corrected chi connectivity index (χ1v) is 5.70. The minimum Gasteiger partial charge on any atom is -0.466 e. The second-order valence-corrected chi connectivity index (χ2v) is 4.24. The summed E-state index contributed by atoms with van der Waals surface area (Å²) >= 11 is 0. The highest BCUT2D eigenvalue weighted by Crippen LogP contribution is 2.53. The lowest BCUT2D eigenvalue weighted by Crippen LogP contribution is -2.19. The van der Waals surface area contributed by atoms with Gasteiger partial charge in [0.25, 0.3) is 0 Å². The Bertz CT molecular complexity index is 417. The van der Waals surface area contributed by atoms with Crippen LogP contribution in [0, 0.1) is 11.8 Å². The zero-order valence-corrected chi connectivity index (χ0v) is 9.18. The highest BCUT2D eigenvalue weighted by Gasteiger charge is 2.54. The second kappa shape index (κ2) is 3.59. The summed E-state index contributed by atoms with van der Waals surface area (Å²) in [4.78, 5) is 11.7. The molecule has 0 aromatic rings. The zero-order valence-electron chi connectivity index (χ0n) is 9.18. The Labute approximate surface area is 94.4 Å². The number of fused-ring (bicyclic) bond motifs is 2. The van der Waals surface area contributed by atoms with Gasteiger partial charge in [-0.15, -0.1) is 0 Å². The summed E-state index contributed by atoms with van der Waals surface area (Å²) in [6, 6.07) is 0. The smallest absolute Gasteiger partial charge is 0.313 e. The van der Waals surface area contributed by atoms with Gasteiger partial charge in [0, 0.05) is 5.92 Å². The number of esters is 1. The van der Waals surface area contributed by atoms with E-state index in [1.807, 2.05) is 31.2 Å². The van der Waals surface area contributed by atoms with Crippen LogP contribution in [0.1, 0.15) is 6.92 Å². The molecule has 0 N–H and O–H groups in total. The summed E-state index contributed by atoms with van der Waals surface area (Å²) in [5.41, 5.74) is 2.40. The van der Waals surface area contributed by atoms with Crippen molar-refractivity contribution in [2.24, 2.45) is 11.8 Å². The summed E-state index contributed by atoms with van der Waals surface area (Å²) in [5, 5.41) is 0. The van der Waals surface area contributed by atoms with Gasteiger partial charge in [0.2, 0.25) is 0 Å². The van der Waals surface area contributed by atoms with Crippen molar-refractivity contribution in [3.63, 3.8) is 0 Å². The first-order valence-electron chi connectivity index (χ1n) is 5.70. The van der Waals surface area contributed by atoms with Crippen LogP contribution in [0.25, 0.3) is 0 Å². The minimum atomic E-state index is -0.0952. The first-order chi connectivity index (χ1) is 7.83. The number of carbonyl (C=O) groups is 1. The summed E-state index contributed by atoms with van der Waals surface area (Å²) in [5.74, 6) is 0.125. The third-order valence-corrected chi connectivity index (χ3v) is 3.34. The third kappa shape index (κ3) is 1.35. The molecule has 16 heavy (non-hydrogen) atoms. The molecule has 0 spiro atoms. The van der Waals surface area contributed by atoms with Gasteiger partial charge in [-0.25, -0.2) is 0 Å². The van der Waals surface area contributed by atoms with Crippen LogP contribution >= 0.6 is 0 Å². The number of allylic oxidation sites excluding steroid dienone is 2. The van der Waals surface area contributed by atoms with E-state index in [1.54, 1.807) is 0 Å². The molecule has 0 bridgehead atoms. The monoisotopic (exact) mass is 218 g/mol. The van der Waals surface area contributed by atoms with Crippen LogP contribution in [0.2, 0.25) is 0 Å². The maximum atomic E-state index is 11.7. The molecule has 3 unspecified atom stereocenters. The fourth-order valence-corrected chi connectivity index (χ4v) is 2.56. The maximum Gasteiger partial charge on any atom is 0.313 e. The second-order valence-electron chi connectivity index (χ2n) is 4.24. The molecule has 1 heterocycles. The molecular formula is C13H14O3. The van der Waals surface area contributed by atoms with Gasteiger partial charge >= 0.3 is 5.97 Å². The van der Waals surface area contributed by atoms with Crippen LogP contribution in [0.3, 0.4) is 0 Å². The van der Waals surface area contributed by atoms with Crippen molar-refractivity contribution in [3.05, 3.63) is 35.5 Å². The molecule has 0 amide bonds. The topological polar surface area (TPSA) is 35.5 Å². The molecule has 0 aromatic carbocycles. The predicted molar refractivity (Wildman–Crippen MR) is 58.7 cm³/mol.